The summed E-state index contributed by atoms with van der Waals surface area (Å²) in [6, 6.07) is 3.51. The summed E-state index contributed by atoms with van der Waals surface area (Å²) >= 11 is 9.10. The van der Waals surface area contributed by atoms with Gasteiger partial charge in [0.15, 0.2) is 6.61 Å². The molecule has 0 saturated carbocycles. The Hall–Kier alpha value is -1.31. The number of benzene rings is 1. The van der Waals surface area contributed by atoms with Crippen molar-refractivity contribution in [1.82, 2.24) is 5.32 Å². The quantitative estimate of drug-likeness (QED) is 0.711. The Balaban J connectivity index is 2.52. The number of rotatable bonds is 6. The van der Waals surface area contributed by atoms with Gasteiger partial charge in [0.25, 0.3) is 5.91 Å². The smallest absolute Gasteiger partial charge is 0.328 e. The number of nitrogens with one attached hydrogen (secondary N) is 1. The largest absolute Gasteiger partial charge is 0.482 e. The van der Waals surface area contributed by atoms with Gasteiger partial charge < -0.3 is 20.3 Å². The van der Waals surface area contributed by atoms with Crippen LogP contribution in [0.15, 0.2) is 22.7 Å². The van der Waals surface area contributed by atoms with Crippen LogP contribution in [0.3, 0.4) is 0 Å². The van der Waals surface area contributed by atoms with E-state index in [2.05, 4.69) is 21.2 Å². The van der Waals surface area contributed by atoms with Gasteiger partial charge in [-0.1, -0.05) is 27.5 Å². The number of aliphatic hydroxyl groups excluding tert-OH is 1. The Kier molecular flexibility index (Phi) is 6.07. The number of hydrogen-bond donors (Lipinski definition) is 3. The summed E-state index contributed by atoms with van der Waals surface area (Å²) in [5.41, 5.74) is 0. The minimum atomic E-state index is -1.35. The van der Waals surface area contributed by atoms with Crippen LogP contribution < -0.4 is 10.1 Å². The number of aliphatic hydroxyl groups is 1. The first kappa shape index (κ1) is 15.7. The molecule has 3 N–H and O–H groups in total. The second kappa shape index (κ2) is 7.32. The van der Waals surface area contributed by atoms with E-state index >= 15 is 0 Å². The summed E-state index contributed by atoms with van der Waals surface area (Å²) in [6.45, 7) is -1.09. The number of carbonyl (C=O) groups excluding carboxylic acids is 1. The van der Waals surface area contributed by atoms with E-state index in [0.717, 1.165) is 4.47 Å². The van der Waals surface area contributed by atoms with E-state index in [0.29, 0.717) is 10.8 Å². The maximum absolute atomic E-state index is 11.4. The Bertz CT molecular complexity index is 482. The molecule has 6 nitrogen and oxygen atoms in total. The fourth-order valence-corrected chi connectivity index (χ4v) is 1.89. The molecule has 0 saturated heterocycles. The monoisotopic (exact) mass is 351 g/mol. The predicted octanol–water partition coefficient (Wildman–Crippen LogP) is 1.04. The molecule has 8 heteroatoms. The van der Waals surface area contributed by atoms with E-state index in [1.54, 1.807) is 18.2 Å². The van der Waals surface area contributed by atoms with Gasteiger partial charge in [0, 0.05) is 4.47 Å². The number of carboxylic acids is 1. The predicted molar refractivity (Wildman–Crippen MR) is 71.3 cm³/mol. The normalized spacial score (nSPS) is 11.7. The maximum atomic E-state index is 11.4. The van der Waals surface area contributed by atoms with Crippen molar-refractivity contribution < 1.29 is 24.5 Å². The van der Waals surface area contributed by atoms with Gasteiger partial charge in [0.1, 0.15) is 11.8 Å². The van der Waals surface area contributed by atoms with Crippen molar-refractivity contribution in [1.29, 1.82) is 0 Å². The van der Waals surface area contributed by atoms with Crippen molar-refractivity contribution in [2.75, 3.05) is 13.2 Å². The first-order chi connectivity index (χ1) is 8.93. The molecule has 1 aromatic carbocycles. The van der Waals surface area contributed by atoms with Crippen LogP contribution in [0.4, 0.5) is 0 Å². The summed E-state index contributed by atoms with van der Waals surface area (Å²) in [6.07, 6.45) is 0. The number of carboxylic acid groups (broad SMARTS) is 1. The van der Waals surface area contributed by atoms with Gasteiger partial charge in [-0.3, -0.25) is 4.79 Å². The Morgan fingerprint density at radius 3 is 2.68 bits per heavy atom. The second-order valence-corrected chi connectivity index (χ2v) is 4.83. The highest BCUT2D eigenvalue weighted by Gasteiger charge is 2.18. The van der Waals surface area contributed by atoms with Crippen LogP contribution in [0.1, 0.15) is 0 Å². The zero-order valence-corrected chi connectivity index (χ0v) is 11.9. The molecule has 1 rings (SSSR count). The molecule has 0 unspecified atom stereocenters. The summed E-state index contributed by atoms with van der Waals surface area (Å²) < 4.78 is 5.90. The highest BCUT2D eigenvalue weighted by Crippen LogP contribution is 2.27. The first-order valence-electron chi connectivity index (χ1n) is 5.15. The average molecular weight is 353 g/mol. The molecule has 1 atom stereocenters. The van der Waals surface area contributed by atoms with Crippen LogP contribution in [-0.4, -0.2) is 41.3 Å². The Labute approximate surface area is 122 Å². The van der Waals surface area contributed by atoms with Crippen molar-refractivity contribution in [3.8, 4) is 5.75 Å². The topological polar surface area (TPSA) is 95.9 Å². The highest BCUT2D eigenvalue weighted by molar-refractivity contribution is 9.10. The van der Waals surface area contributed by atoms with Gasteiger partial charge in [0.05, 0.1) is 11.6 Å². The van der Waals surface area contributed by atoms with E-state index in [4.69, 9.17) is 26.6 Å². The van der Waals surface area contributed by atoms with Crippen molar-refractivity contribution in [2.45, 2.75) is 6.04 Å². The summed E-state index contributed by atoms with van der Waals surface area (Å²) in [5, 5.41) is 19.8. The van der Waals surface area contributed by atoms with E-state index in [1.165, 1.54) is 0 Å². The lowest BCUT2D eigenvalue weighted by atomic mass is 10.3. The molecular formula is C11H11BrClNO5. The van der Waals surface area contributed by atoms with Gasteiger partial charge in [-0.25, -0.2) is 4.79 Å². The van der Waals surface area contributed by atoms with Crippen molar-refractivity contribution in [2.24, 2.45) is 0 Å². The zero-order chi connectivity index (χ0) is 14.4. The third kappa shape index (κ3) is 5.06. The number of halogens is 2. The SMILES string of the molecule is O=C(COc1ccc(Br)cc1Cl)N[C@H](CO)C(=O)O. The fourth-order valence-electron chi connectivity index (χ4n) is 1.16. The Morgan fingerprint density at radius 2 is 2.16 bits per heavy atom. The zero-order valence-electron chi connectivity index (χ0n) is 9.60. The number of aliphatic carboxylic acids is 1. The molecular weight excluding hydrogens is 341 g/mol. The molecule has 0 radical (unpaired) electrons. The Morgan fingerprint density at radius 1 is 1.47 bits per heavy atom. The molecule has 0 aliphatic rings. The molecule has 0 heterocycles. The molecule has 0 fully saturated rings. The lowest BCUT2D eigenvalue weighted by molar-refractivity contribution is -0.143. The average Bonchev–Trinajstić information content (AvgIpc) is 2.34. The van der Waals surface area contributed by atoms with Crippen LogP contribution in [-0.2, 0) is 9.59 Å². The highest BCUT2D eigenvalue weighted by atomic mass is 79.9. The van der Waals surface area contributed by atoms with Crippen LogP contribution in [0, 0.1) is 0 Å². The molecule has 0 aliphatic heterocycles. The van der Waals surface area contributed by atoms with Crippen LogP contribution in [0.25, 0.3) is 0 Å². The van der Waals surface area contributed by atoms with Crippen molar-refractivity contribution in [3.05, 3.63) is 27.7 Å². The van der Waals surface area contributed by atoms with E-state index in [1.807, 2.05) is 0 Å². The van der Waals surface area contributed by atoms with Crippen LogP contribution >= 0.6 is 27.5 Å². The van der Waals surface area contributed by atoms with Gasteiger partial charge in [-0.05, 0) is 18.2 Å². The number of amides is 1. The van der Waals surface area contributed by atoms with Gasteiger partial charge in [-0.15, -0.1) is 0 Å². The molecule has 104 valence electrons. The maximum Gasteiger partial charge on any atom is 0.328 e. The lowest BCUT2D eigenvalue weighted by Gasteiger charge is -2.12. The molecule has 1 amide bonds. The fraction of sp³-hybridized carbons (Fsp3) is 0.273. The minimum absolute atomic E-state index is 0.302. The molecule has 1 aromatic rings. The van der Waals surface area contributed by atoms with Crippen LogP contribution in [0.5, 0.6) is 5.75 Å². The van der Waals surface area contributed by atoms with Crippen LogP contribution in [0.2, 0.25) is 5.02 Å². The standard InChI is InChI=1S/C11H11BrClNO5/c12-6-1-2-9(7(13)3-6)19-5-10(16)14-8(4-15)11(17)18/h1-3,8,15H,4-5H2,(H,14,16)(H,17,18)/t8-/m1/s1. The summed E-state index contributed by atoms with van der Waals surface area (Å²) in [5.74, 6) is -1.69. The van der Waals surface area contributed by atoms with Crippen molar-refractivity contribution in [3.63, 3.8) is 0 Å². The lowest BCUT2D eigenvalue weighted by Crippen LogP contribution is -2.45. The third-order valence-electron chi connectivity index (χ3n) is 2.07. The van der Waals surface area contributed by atoms with E-state index in [9.17, 15) is 9.59 Å². The molecule has 0 aliphatic carbocycles. The number of hydrogen-bond acceptors (Lipinski definition) is 4. The summed E-state index contributed by atoms with van der Waals surface area (Å²) in [7, 11) is 0. The van der Waals surface area contributed by atoms with Gasteiger partial charge in [0.2, 0.25) is 0 Å². The number of carbonyl (C=O) groups is 2. The molecule has 19 heavy (non-hydrogen) atoms. The van der Waals surface area contributed by atoms with Gasteiger partial charge in [-0.2, -0.15) is 0 Å². The molecule has 0 aromatic heterocycles. The summed E-state index contributed by atoms with van der Waals surface area (Å²) in [4.78, 5) is 22.0. The van der Waals surface area contributed by atoms with Crippen molar-refractivity contribution >= 4 is 39.4 Å². The minimum Gasteiger partial charge on any atom is -0.482 e. The number of ether oxygens (including phenoxy) is 1. The van der Waals surface area contributed by atoms with E-state index in [-0.39, 0.29) is 0 Å². The molecule has 0 bridgehead atoms. The molecule has 0 spiro atoms. The first-order valence-corrected chi connectivity index (χ1v) is 6.32. The second-order valence-electron chi connectivity index (χ2n) is 3.50. The van der Waals surface area contributed by atoms with E-state index < -0.39 is 31.1 Å². The third-order valence-corrected chi connectivity index (χ3v) is 2.86. The van der Waals surface area contributed by atoms with Gasteiger partial charge >= 0.3 is 5.97 Å².